The predicted molar refractivity (Wildman–Crippen MR) is 72.3 cm³/mol. The largest absolute Gasteiger partial charge is 0.373 e. The molecule has 4 heteroatoms. The van der Waals surface area contributed by atoms with Crippen LogP contribution in [0.2, 0.25) is 0 Å². The maximum atomic E-state index is 11.8. The SMILES string of the molecule is Cc1cccc(NC(C)C(=O)NC(C)C)c1C#N. The summed E-state index contributed by atoms with van der Waals surface area (Å²) in [7, 11) is 0. The summed E-state index contributed by atoms with van der Waals surface area (Å²) in [5.74, 6) is -0.0737. The fourth-order valence-corrected chi connectivity index (χ4v) is 1.64. The molecule has 0 saturated heterocycles. The zero-order valence-electron chi connectivity index (χ0n) is 11.2. The summed E-state index contributed by atoms with van der Waals surface area (Å²) in [6.45, 7) is 7.49. The summed E-state index contributed by atoms with van der Waals surface area (Å²) in [4.78, 5) is 11.8. The fourth-order valence-electron chi connectivity index (χ4n) is 1.64. The van der Waals surface area contributed by atoms with Gasteiger partial charge >= 0.3 is 0 Å². The van der Waals surface area contributed by atoms with Crippen molar-refractivity contribution in [3.05, 3.63) is 29.3 Å². The minimum absolute atomic E-state index is 0.0737. The molecule has 1 rings (SSSR count). The molecule has 0 aromatic heterocycles. The second kappa shape index (κ2) is 6.06. The number of rotatable bonds is 4. The molecule has 1 aromatic carbocycles. The second-order valence-corrected chi connectivity index (χ2v) is 4.64. The van der Waals surface area contributed by atoms with E-state index in [1.807, 2.05) is 39.0 Å². The average Bonchev–Trinajstić information content (AvgIpc) is 2.28. The molecule has 1 atom stereocenters. The highest BCUT2D eigenvalue weighted by Crippen LogP contribution is 2.19. The molecule has 4 nitrogen and oxygen atoms in total. The van der Waals surface area contributed by atoms with E-state index in [2.05, 4.69) is 16.7 Å². The third kappa shape index (κ3) is 3.49. The number of nitrogens with one attached hydrogen (secondary N) is 2. The third-order valence-electron chi connectivity index (χ3n) is 2.58. The number of carbonyl (C=O) groups excluding carboxylic acids is 1. The van der Waals surface area contributed by atoms with Crippen LogP contribution in [-0.4, -0.2) is 18.0 Å². The number of hydrogen-bond donors (Lipinski definition) is 2. The topological polar surface area (TPSA) is 64.9 Å². The first-order chi connectivity index (χ1) is 8.45. The molecule has 0 spiro atoms. The lowest BCUT2D eigenvalue weighted by Crippen LogP contribution is -2.41. The van der Waals surface area contributed by atoms with E-state index in [-0.39, 0.29) is 18.0 Å². The average molecular weight is 245 g/mol. The number of amides is 1. The van der Waals surface area contributed by atoms with Gasteiger partial charge in [-0.05, 0) is 39.3 Å². The van der Waals surface area contributed by atoms with E-state index in [0.717, 1.165) is 5.56 Å². The molecule has 1 aromatic rings. The molecule has 0 aliphatic rings. The van der Waals surface area contributed by atoms with Gasteiger partial charge in [0.1, 0.15) is 12.1 Å². The van der Waals surface area contributed by atoms with E-state index in [9.17, 15) is 4.79 Å². The zero-order valence-corrected chi connectivity index (χ0v) is 11.2. The van der Waals surface area contributed by atoms with Crippen molar-refractivity contribution in [1.29, 1.82) is 5.26 Å². The lowest BCUT2D eigenvalue weighted by atomic mass is 10.1. The van der Waals surface area contributed by atoms with Crippen LogP contribution in [0.15, 0.2) is 18.2 Å². The number of carbonyl (C=O) groups is 1. The van der Waals surface area contributed by atoms with Crippen molar-refractivity contribution in [1.82, 2.24) is 5.32 Å². The van der Waals surface area contributed by atoms with E-state index in [4.69, 9.17) is 5.26 Å². The Labute approximate surface area is 108 Å². The summed E-state index contributed by atoms with van der Waals surface area (Å²) in [5, 5.41) is 15.0. The highest BCUT2D eigenvalue weighted by Gasteiger charge is 2.15. The molecular weight excluding hydrogens is 226 g/mol. The smallest absolute Gasteiger partial charge is 0.242 e. The quantitative estimate of drug-likeness (QED) is 0.854. The van der Waals surface area contributed by atoms with Crippen molar-refractivity contribution < 1.29 is 4.79 Å². The van der Waals surface area contributed by atoms with Gasteiger partial charge in [0.25, 0.3) is 0 Å². The van der Waals surface area contributed by atoms with Crippen LogP contribution in [0.1, 0.15) is 31.9 Å². The fraction of sp³-hybridized carbons (Fsp3) is 0.429. The number of anilines is 1. The number of nitrogens with zero attached hydrogens (tertiary/aromatic N) is 1. The van der Waals surface area contributed by atoms with Gasteiger partial charge in [-0.15, -0.1) is 0 Å². The maximum Gasteiger partial charge on any atom is 0.242 e. The van der Waals surface area contributed by atoms with E-state index >= 15 is 0 Å². The third-order valence-corrected chi connectivity index (χ3v) is 2.58. The van der Waals surface area contributed by atoms with Crippen molar-refractivity contribution >= 4 is 11.6 Å². The Morgan fingerprint density at radius 2 is 2.00 bits per heavy atom. The van der Waals surface area contributed by atoms with Gasteiger partial charge in [0.15, 0.2) is 0 Å². The number of nitriles is 1. The molecule has 96 valence electrons. The molecule has 0 fully saturated rings. The van der Waals surface area contributed by atoms with Crippen molar-refractivity contribution in [2.45, 2.75) is 39.8 Å². The first-order valence-corrected chi connectivity index (χ1v) is 6.02. The summed E-state index contributed by atoms with van der Waals surface area (Å²) in [5.41, 5.74) is 2.18. The van der Waals surface area contributed by atoms with Crippen LogP contribution >= 0.6 is 0 Å². The Morgan fingerprint density at radius 3 is 2.56 bits per heavy atom. The van der Waals surface area contributed by atoms with Crippen LogP contribution in [-0.2, 0) is 4.79 Å². The normalized spacial score (nSPS) is 11.8. The molecular formula is C14H19N3O. The van der Waals surface area contributed by atoms with Gasteiger partial charge in [0.05, 0.1) is 11.3 Å². The first kappa shape index (κ1) is 14.0. The Balaban J connectivity index is 2.83. The molecule has 0 saturated carbocycles. The molecule has 1 amide bonds. The summed E-state index contributed by atoms with van der Waals surface area (Å²) in [6, 6.07) is 7.44. The van der Waals surface area contributed by atoms with Crippen LogP contribution in [0, 0.1) is 18.3 Å². The minimum atomic E-state index is -0.374. The van der Waals surface area contributed by atoms with Crippen molar-refractivity contribution in [2.24, 2.45) is 0 Å². The summed E-state index contributed by atoms with van der Waals surface area (Å²) in [6.07, 6.45) is 0. The molecule has 1 unspecified atom stereocenters. The molecule has 0 heterocycles. The minimum Gasteiger partial charge on any atom is -0.373 e. The van der Waals surface area contributed by atoms with Gasteiger partial charge < -0.3 is 10.6 Å². The standard InChI is InChI=1S/C14H19N3O/c1-9(2)16-14(18)11(4)17-13-7-5-6-10(3)12(13)8-15/h5-7,9,11,17H,1-4H3,(H,16,18). The van der Waals surface area contributed by atoms with Crippen LogP contribution in [0.25, 0.3) is 0 Å². The van der Waals surface area contributed by atoms with Gasteiger partial charge in [-0.3, -0.25) is 4.79 Å². The van der Waals surface area contributed by atoms with Gasteiger partial charge in [0.2, 0.25) is 5.91 Å². The lowest BCUT2D eigenvalue weighted by molar-refractivity contribution is -0.122. The van der Waals surface area contributed by atoms with E-state index < -0.39 is 0 Å². The van der Waals surface area contributed by atoms with Gasteiger partial charge in [-0.25, -0.2) is 0 Å². The van der Waals surface area contributed by atoms with Gasteiger partial charge in [-0.1, -0.05) is 12.1 Å². The Bertz CT molecular complexity index is 474. The molecule has 0 aliphatic heterocycles. The van der Waals surface area contributed by atoms with E-state index in [0.29, 0.717) is 11.3 Å². The summed E-state index contributed by atoms with van der Waals surface area (Å²) < 4.78 is 0. The molecule has 2 N–H and O–H groups in total. The molecule has 0 aliphatic carbocycles. The van der Waals surface area contributed by atoms with Crippen molar-refractivity contribution in [3.8, 4) is 6.07 Å². The Kier molecular flexibility index (Phi) is 4.73. The van der Waals surface area contributed by atoms with Crippen LogP contribution in [0.4, 0.5) is 5.69 Å². The van der Waals surface area contributed by atoms with Gasteiger partial charge in [0, 0.05) is 6.04 Å². The number of aryl methyl sites for hydroxylation is 1. The molecule has 0 radical (unpaired) electrons. The second-order valence-electron chi connectivity index (χ2n) is 4.64. The van der Waals surface area contributed by atoms with Crippen molar-refractivity contribution in [3.63, 3.8) is 0 Å². The number of benzene rings is 1. The Hall–Kier alpha value is -2.02. The van der Waals surface area contributed by atoms with E-state index in [1.165, 1.54) is 0 Å². The first-order valence-electron chi connectivity index (χ1n) is 6.02. The highest BCUT2D eigenvalue weighted by molar-refractivity contribution is 5.85. The molecule has 0 bridgehead atoms. The van der Waals surface area contributed by atoms with Gasteiger partial charge in [-0.2, -0.15) is 5.26 Å². The predicted octanol–water partition coefficient (Wildman–Crippen LogP) is 2.19. The lowest BCUT2D eigenvalue weighted by Gasteiger charge is -2.18. The monoisotopic (exact) mass is 245 g/mol. The van der Waals surface area contributed by atoms with Crippen LogP contribution < -0.4 is 10.6 Å². The maximum absolute atomic E-state index is 11.8. The number of hydrogen-bond acceptors (Lipinski definition) is 3. The van der Waals surface area contributed by atoms with Crippen molar-refractivity contribution in [2.75, 3.05) is 5.32 Å². The van der Waals surface area contributed by atoms with Crippen LogP contribution in [0.3, 0.4) is 0 Å². The Morgan fingerprint density at radius 1 is 1.33 bits per heavy atom. The molecule has 18 heavy (non-hydrogen) atoms. The highest BCUT2D eigenvalue weighted by atomic mass is 16.2. The van der Waals surface area contributed by atoms with Crippen LogP contribution in [0.5, 0.6) is 0 Å². The van der Waals surface area contributed by atoms with E-state index in [1.54, 1.807) is 6.92 Å². The zero-order chi connectivity index (χ0) is 13.7. The summed E-state index contributed by atoms with van der Waals surface area (Å²) >= 11 is 0.